The van der Waals surface area contributed by atoms with Crippen LogP contribution < -0.4 is 0 Å². The molecule has 1 rings (SSSR count). The molecule has 18 heavy (non-hydrogen) atoms. The summed E-state index contributed by atoms with van der Waals surface area (Å²) in [6.07, 6.45) is 2.47. The number of carbonyl (C=O) groups excluding carboxylic acids is 2. The van der Waals surface area contributed by atoms with Gasteiger partial charge in [-0.05, 0) is 34.5 Å². The quantitative estimate of drug-likeness (QED) is 0.615. The number of ether oxygens (including phenoxy) is 1. The van der Waals surface area contributed by atoms with Gasteiger partial charge in [-0.3, -0.25) is 9.59 Å². The van der Waals surface area contributed by atoms with Crippen molar-refractivity contribution in [1.29, 1.82) is 0 Å². The van der Waals surface area contributed by atoms with Crippen molar-refractivity contribution < 1.29 is 14.3 Å². The summed E-state index contributed by atoms with van der Waals surface area (Å²) in [5, 5.41) is 0. The highest BCUT2D eigenvalue weighted by atomic mass is 79.9. The molecule has 6 heteroatoms. The predicted molar refractivity (Wildman–Crippen MR) is 70.1 cm³/mol. The number of amides is 1. The number of aromatic nitrogens is 1. The minimum Gasteiger partial charge on any atom is -0.469 e. The average molecular weight is 315 g/mol. The van der Waals surface area contributed by atoms with Crippen molar-refractivity contribution in [2.45, 2.75) is 12.8 Å². The normalized spacial score (nSPS) is 9.94. The van der Waals surface area contributed by atoms with Crippen molar-refractivity contribution in [3.8, 4) is 0 Å². The molecule has 1 amide bonds. The molecule has 0 fully saturated rings. The molecular weight excluding hydrogens is 300 g/mol. The molecule has 0 aliphatic rings. The summed E-state index contributed by atoms with van der Waals surface area (Å²) < 4.78 is 5.16. The summed E-state index contributed by atoms with van der Waals surface area (Å²) in [6, 6.07) is 3.32. The first-order valence-corrected chi connectivity index (χ1v) is 6.27. The van der Waals surface area contributed by atoms with E-state index in [4.69, 9.17) is 0 Å². The molecule has 0 spiro atoms. The third-order valence-corrected chi connectivity index (χ3v) is 2.86. The van der Waals surface area contributed by atoms with Crippen LogP contribution in [-0.2, 0) is 9.53 Å². The van der Waals surface area contributed by atoms with Crippen molar-refractivity contribution in [2.75, 3.05) is 20.7 Å². The Morgan fingerprint density at radius 1 is 1.50 bits per heavy atom. The summed E-state index contributed by atoms with van der Waals surface area (Å²) in [6.45, 7) is 0.508. The van der Waals surface area contributed by atoms with Gasteiger partial charge in [0.15, 0.2) is 0 Å². The van der Waals surface area contributed by atoms with E-state index in [1.54, 1.807) is 30.3 Å². The Labute approximate surface area is 114 Å². The first-order valence-electron chi connectivity index (χ1n) is 5.48. The topological polar surface area (TPSA) is 59.5 Å². The summed E-state index contributed by atoms with van der Waals surface area (Å²) in [5.74, 6) is -0.356. The Kier molecular flexibility index (Phi) is 5.77. The molecule has 0 unspecified atom stereocenters. The second-order valence-corrected chi connectivity index (χ2v) is 4.59. The third kappa shape index (κ3) is 4.44. The highest BCUT2D eigenvalue weighted by molar-refractivity contribution is 9.10. The Hall–Kier alpha value is -1.43. The second kappa shape index (κ2) is 7.10. The van der Waals surface area contributed by atoms with E-state index in [0.717, 1.165) is 0 Å². The highest BCUT2D eigenvalue weighted by Crippen LogP contribution is 2.10. The predicted octanol–water partition coefficient (Wildman–Crippen LogP) is 1.87. The van der Waals surface area contributed by atoms with Crippen LogP contribution in [0.5, 0.6) is 0 Å². The zero-order valence-corrected chi connectivity index (χ0v) is 11.9. The fourth-order valence-electron chi connectivity index (χ4n) is 1.42. The number of esters is 1. The monoisotopic (exact) mass is 314 g/mol. The van der Waals surface area contributed by atoms with E-state index < -0.39 is 0 Å². The van der Waals surface area contributed by atoms with E-state index in [1.807, 2.05) is 0 Å². The van der Waals surface area contributed by atoms with Gasteiger partial charge in [0.2, 0.25) is 0 Å². The lowest BCUT2D eigenvalue weighted by Gasteiger charge is -2.16. The van der Waals surface area contributed by atoms with Crippen LogP contribution in [-0.4, -0.2) is 42.5 Å². The van der Waals surface area contributed by atoms with Crippen molar-refractivity contribution in [1.82, 2.24) is 9.88 Å². The van der Waals surface area contributed by atoms with E-state index in [0.29, 0.717) is 29.6 Å². The van der Waals surface area contributed by atoms with Crippen LogP contribution >= 0.6 is 15.9 Å². The number of carbonyl (C=O) groups is 2. The minimum absolute atomic E-state index is 0.0945. The smallest absolute Gasteiger partial charge is 0.305 e. The summed E-state index contributed by atoms with van der Waals surface area (Å²) in [5.41, 5.74) is 0.567. The van der Waals surface area contributed by atoms with Crippen LogP contribution in [0.4, 0.5) is 0 Å². The molecule has 1 aromatic heterocycles. The maximum Gasteiger partial charge on any atom is 0.305 e. The lowest BCUT2D eigenvalue weighted by Crippen LogP contribution is -2.28. The van der Waals surface area contributed by atoms with E-state index in [1.165, 1.54) is 7.11 Å². The molecule has 0 bridgehead atoms. The van der Waals surface area contributed by atoms with Gasteiger partial charge in [-0.1, -0.05) is 0 Å². The third-order valence-electron chi connectivity index (χ3n) is 2.42. The minimum atomic E-state index is -0.262. The van der Waals surface area contributed by atoms with Gasteiger partial charge in [-0.15, -0.1) is 0 Å². The SMILES string of the molecule is COC(=O)CCCN(C)C(=O)c1ccnc(Br)c1. The Bertz CT molecular complexity index is 437. The van der Waals surface area contributed by atoms with Crippen molar-refractivity contribution >= 4 is 27.8 Å². The summed E-state index contributed by atoms with van der Waals surface area (Å²) >= 11 is 3.22. The highest BCUT2D eigenvalue weighted by Gasteiger charge is 2.12. The van der Waals surface area contributed by atoms with Crippen molar-refractivity contribution in [3.63, 3.8) is 0 Å². The van der Waals surface area contributed by atoms with Gasteiger partial charge in [-0.2, -0.15) is 0 Å². The van der Waals surface area contributed by atoms with E-state index in [9.17, 15) is 9.59 Å². The van der Waals surface area contributed by atoms with E-state index in [-0.39, 0.29) is 11.9 Å². The molecule has 1 aromatic rings. The maximum absolute atomic E-state index is 12.0. The van der Waals surface area contributed by atoms with Crippen LogP contribution in [0.2, 0.25) is 0 Å². The van der Waals surface area contributed by atoms with Gasteiger partial charge in [0.25, 0.3) is 5.91 Å². The zero-order valence-electron chi connectivity index (χ0n) is 10.4. The first kappa shape index (κ1) is 14.6. The van der Waals surface area contributed by atoms with Crippen molar-refractivity contribution in [3.05, 3.63) is 28.5 Å². The Morgan fingerprint density at radius 2 is 2.22 bits per heavy atom. The lowest BCUT2D eigenvalue weighted by atomic mass is 10.2. The van der Waals surface area contributed by atoms with Gasteiger partial charge in [0, 0.05) is 31.8 Å². The lowest BCUT2D eigenvalue weighted by molar-refractivity contribution is -0.140. The summed E-state index contributed by atoms with van der Waals surface area (Å²) in [4.78, 5) is 28.5. The molecule has 0 saturated carbocycles. The Balaban J connectivity index is 2.49. The largest absolute Gasteiger partial charge is 0.469 e. The van der Waals surface area contributed by atoms with Gasteiger partial charge in [0.05, 0.1) is 7.11 Å². The van der Waals surface area contributed by atoms with Crippen molar-refractivity contribution in [2.24, 2.45) is 0 Å². The first-order chi connectivity index (χ1) is 8.54. The fraction of sp³-hybridized carbons (Fsp3) is 0.417. The second-order valence-electron chi connectivity index (χ2n) is 3.77. The average Bonchev–Trinajstić information content (AvgIpc) is 2.37. The number of hydrogen-bond acceptors (Lipinski definition) is 4. The molecule has 0 aromatic carbocycles. The number of halogens is 1. The molecule has 98 valence electrons. The number of hydrogen-bond donors (Lipinski definition) is 0. The van der Waals surface area contributed by atoms with Crippen LogP contribution in [0.3, 0.4) is 0 Å². The van der Waals surface area contributed by atoms with Crippen LogP contribution in [0.25, 0.3) is 0 Å². The fourth-order valence-corrected chi connectivity index (χ4v) is 1.78. The summed E-state index contributed by atoms with van der Waals surface area (Å²) in [7, 11) is 3.06. The molecular formula is C12H15BrN2O3. The molecule has 5 nitrogen and oxygen atoms in total. The van der Waals surface area contributed by atoms with Gasteiger partial charge >= 0.3 is 5.97 Å². The maximum atomic E-state index is 12.0. The standard InChI is InChI=1S/C12H15BrN2O3/c1-15(7-3-4-11(16)18-2)12(17)9-5-6-14-10(13)8-9/h5-6,8H,3-4,7H2,1-2H3. The van der Waals surface area contributed by atoms with Gasteiger partial charge in [-0.25, -0.2) is 4.98 Å². The zero-order chi connectivity index (χ0) is 13.5. The number of methoxy groups -OCH3 is 1. The number of pyridine rings is 1. The molecule has 0 atom stereocenters. The van der Waals surface area contributed by atoms with Crippen LogP contribution in [0.1, 0.15) is 23.2 Å². The molecule has 0 radical (unpaired) electrons. The van der Waals surface area contributed by atoms with E-state index >= 15 is 0 Å². The molecule has 1 heterocycles. The molecule has 0 N–H and O–H groups in total. The molecule has 0 aliphatic carbocycles. The number of rotatable bonds is 5. The Morgan fingerprint density at radius 3 is 2.83 bits per heavy atom. The van der Waals surface area contributed by atoms with Gasteiger partial charge < -0.3 is 9.64 Å². The molecule has 0 aliphatic heterocycles. The van der Waals surface area contributed by atoms with Gasteiger partial charge in [0.1, 0.15) is 4.60 Å². The number of nitrogens with zero attached hydrogens (tertiary/aromatic N) is 2. The van der Waals surface area contributed by atoms with E-state index in [2.05, 4.69) is 25.7 Å². The molecule has 0 saturated heterocycles. The van der Waals surface area contributed by atoms with Crippen LogP contribution in [0.15, 0.2) is 22.9 Å². The van der Waals surface area contributed by atoms with Crippen LogP contribution in [0, 0.1) is 0 Å².